The van der Waals surface area contributed by atoms with Gasteiger partial charge >= 0.3 is 0 Å². The first-order chi connectivity index (χ1) is 9.00. The summed E-state index contributed by atoms with van der Waals surface area (Å²) in [6.07, 6.45) is 4.05. The summed E-state index contributed by atoms with van der Waals surface area (Å²) in [5, 5.41) is 3.68. The summed E-state index contributed by atoms with van der Waals surface area (Å²) >= 11 is 0. The fraction of sp³-hybridized carbons (Fsp3) is 0.750. The molecule has 1 aromatic rings. The van der Waals surface area contributed by atoms with E-state index in [-0.39, 0.29) is 0 Å². The Bertz CT molecular complexity index is 427. The van der Waals surface area contributed by atoms with Crippen molar-refractivity contribution in [3.8, 4) is 0 Å². The van der Waals surface area contributed by atoms with Gasteiger partial charge in [0.25, 0.3) is 0 Å². The van der Waals surface area contributed by atoms with Gasteiger partial charge in [0.05, 0.1) is 0 Å². The SMILES string of the molecule is CCn1c(C)cc(CNCC2(N(C)C)CCC2)c1C. The fourth-order valence-electron chi connectivity index (χ4n) is 3.33. The van der Waals surface area contributed by atoms with E-state index in [0.29, 0.717) is 5.54 Å². The summed E-state index contributed by atoms with van der Waals surface area (Å²) in [6.45, 7) is 9.82. The molecule has 1 aromatic heterocycles. The number of nitrogens with zero attached hydrogens (tertiary/aromatic N) is 2. The van der Waals surface area contributed by atoms with Crippen molar-refractivity contribution in [3.63, 3.8) is 0 Å². The molecule has 1 N–H and O–H groups in total. The second-order valence-electron chi connectivity index (χ2n) is 6.22. The van der Waals surface area contributed by atoms with Crippen molar-refractivity contribution >= 4 is 0 Å². The molecule has 1 aliphatic rings. The number of likely N-dealkylation sites (N-methyl/N-ethyl adjacent to an activating group) is 1. The molecule has 0 saturated heterocycles. The van der Waals surface area contributed by atoms with Gasteiger partial charge in [-0.25, -0.2) is 0 Å². The molecule has 0 aliphatic heterocycles. The van der Waals surface area contributed by atoms with Gasteiger partial charge in [0, 0.05) is 36.6 Å². The van der Waals surface area contributed by atoms with Crippen LogP contribution in [0.4, 0.5) is 0 Å². The van der Waals surface area contributed by atoms with Crippen molar-refractivity contribution in [2.24, 2.45) is 0 Å². The van der Waals surface area contributed by atoms with Crippen molar-refractivity contribution < 1.29 is 0 Å². The zero-order valence-electron chi connectivity index (χ0n) is 13.2. The van der Waals surface area contributed by atoms with Crippen molar-refractivity contribution in [3.05, 3.63) is 23.0 Å². The summed E-state index contributed by atoms with van der Waals surface area (Å²) in [7, 11) is 4.42. The Kier molecular flexibility index (Phi) is 4.36. The van der Waals surface area contributed by atoms with Crippen LogP contribution in [0.5, 0.6) is 0 Å². The molecule has 0 unspecified atom stereocenters. The normalized spacial score (nSPS) is 17.8. The molecule has 2 rings (SSSR count). The van der Waals surface area contributed by atoms with Gasteiger partial charge in [-0.3, -0.25) is 0 Å². The summed E-state index contributed by atoms with van der Waals surface area (Å²) in [5.74, 6) is 0. The predicted octanol–water partition coefficient (Wildman–Crippen LogP) is 2.70. The van der Waals surface area contributed by atoms with Crippen LogP contribution in [-0.4, -0.2) is 35.6 Å². The number of rotatable bonds is 6. The van der Waals surface area contributed by atoms with Crippen LogP contribution < -0.4 is 5.32 Å². The first-order valence-electron chi connectivity index (χ1n) is 7.54. The molecule has 0 bridgehead atoms. The van der Waals surface area contributed by atoms with Gasteiger partial charge in [-0.05, 0) is 65.8 Å². The van der Waals surface area contributed by atoms with E-state index in [1.165, 1.54) is 36.2 Å². The van der Waals surface area contributed by atoms with Crippen LogP contribution in [-0.2, 0) is 13.1 Å². The Morgan fingerprint density at radius 1 is 1.32 bits per heavy atom. The van der Waals surface area contributed by atoms with Gasteiger partial charge in [-0.2, -0.15) is 0 Å². The van der Waals surface area contributed by atoms with Crippen molar-refractivity contribution in [1.29, 1.82) is 0 Å². The summed E-state index contributed by atoms with van der Waals surface area (Å²) in [4.78, 5) is 2.40. The molecule has 0 radical (unpaired) electrons. The number of nitrogens with one attached hydrogen (secondary N) is 1. The molecule has 3 heteroatoms. The van der Waals surface area contributed by atoms with Crippen LogP contribution in [0.3, 0.4) is 0 Å². The Labute approximate surface area is 118 Å². The lowest BCUT2D eigenvalue weighted by molar-refractivity contribution is 0.0598. The zero-order valence-corrected chi connectivity index (χ0v) is 13.2. The monoisotopic (exact) mass is 263 g/mol. The third-order valence-corrected chi connectivity index (χ3v) is 5.00. The van der Waals surface area contributed by atoms with E-state index >= 15 is 0 Å². The molecule has 108 valence electrons. The maximum atomic E-state index is 3.68. The minimum Gasteiger partial charge on any atom is -0.349 e. The average molecular weight is 263 g/mol. The number of hydrogen-bond donors (Lipinski definition) is 1. The predicted molar refractivity (Wildman–Crippen MR) is 81.6 cm³/mol. The maximum Gasteiger partial charge on any atom is 0.0328 e. The van der Waals surface area contributed by atoms with Crippen LogP contribution >= 0.6 is 0 Å². The van der Waals surface area contributed by atoms with E-state index in [1.807, 2.05) is 0 Å². The smallest absolute Gasteiger partial charge is 0.0328 e. The molecule has 1 heterocycles. The molecule has 1 fully saturated rings. The van der Waals surface area contributed by atoms with Gasteiger partial charge < -0.3 is 14.8 Å². The van der Waals surface area contributed by atoms with Crippen LogP contribution in [0, 0.1) is 13.8 Å². The molecule has 0 spiro atoms. The largest absolute Gasteiger partial charge is 0.349 e. The third kappa shape index (κ3) is 2.72. The van der Waals surface area contributed by atoms with Crippen molar-refractivity contribution in [1.82, 2.24) is 14.8 Å². The fourth-order valence-corrected chi connectivity index (χ4v) is 3.33. The molecule has 0 aromatic carbocycles. The van der Waals surface area contributed by atoms with E-state index in [4.69, 9.17) is 0 Å². The lowest BCUT2D eigenvalue weighted by Crippen LogP contribution is -2.56. The first kappa shape index (κ1) is 14.6. The lowest BCUT2D eigenvalue weighted by Gasteiger charge is -2.47. The second-order valence-corrected chi connectivity index (χ2v) is 6.22. The van der Waals surface area contributed by atoms with Gasteiger partial charge in [0.15, 0.2) is 0 Å². The highest BCUT2D eigenvalue weighted by atomic mass is 15.2. The van der Waals surface area contributed by atoms with Crippen molar-refractivity contribution in [2.75, 3.05) is 20.6 Å². The molecule has 0 atom stereocenters. The molecule has 1 saturated carbocycles. The Balaban J connectivity index is 1.93. The van der Waals surface area contributed by atoms with Gasteiger partial charge in [-0.1, -0.05) is 0 Å². The quantitative estimate of drug-likeness (QED) is 0.851. The van der Waals surface area contributed by atoms with E-state index in [1.54, 1.807) is 0 Å². The molecular formula is C16H29N3. The zero-order chi connectivity index (χ0) is 14.0. The minimum atomic E-state index is 0.413. The van der Waals surface area contributed by atoms with Crippen molar-refractivity contribution in [2.45, 2.75) is 58.7 Å². The Morgan fingerprint density at radius 2 is 2.00 bits per heavy atom. The van der Waals surface area contributed by atoms with Gasteiger partial charge in [0.1, 0.15) is 0 Å². The van der Waals surface area contributed by atoms with Crippen LogP contribution in [0.15, 0.2) is 6.07 Å². The van der Waals surface area contributed by atoms with Gasteiger partial charge in [-0.15, -0.1) is 0 Å². The summed E-state index contributed by atoms with van der Waals surface area (Å²) in [6, 6.07) is 2.33. The highest BCUT2D eigenvalue weighted by molar-refractivity contribution is 5.26. The molecule has 0 amide bonds. The molecule has 1 aliphatic carbocycles. The maximum absolute atomic E-state index is 3.68. The number of aryl methyl sites for hydroxylation is 1. The van der Waals surface area contributed by atoms with Crippen LogP contribution in [0.25, 0.3) is 0 Å². The van der Waals surface area contributed by atoms with Crippen LogP contribution in [0.2, 0.25) is 0 Å². The van der Waals surface area contributed by atoms with E-state index < -0.39 is 0 Å². The summed E-state index contributed by atoms with van der Waals surface area (Å²) < 4.78 is 2.39. The lowest BCUT2D eigenvalue weighted by atomic mass is 9.75. The van der Waals surface area contributed by atoms with E-state index in [9.17, 15) is 0 Å². The Morgan fingerprint density at radius 3 is 2.42 bits per heavy atom. The molecule has 3 nitrogen and oxygen atoms in total. The summed E-state index contributed by atoms with van der Waals surface area (Å²) in [5.41, 5.74) is 4.66. The van der Waals surface area contributed by atoms with Gasteiger partial charge in [0.2, 0.25) is 0 Å². The van der Waals surface area contributed by atoms with Crippen LogP contribution in [0.1, 0.15) is 43.1 Å². The molecule has 19 heavy (non-hydrogen) atoms. The minimum absolute atomic E-state index is 0.413. The first-order valence-corrected chi connectivity index (χ1v) is 7.54. The van der Waals surface area contributed by atoms with E-state index in [2.05, 4.69) is 55.7 Å². The Hall–Kier alpha value is -0.800. The third-order valence-electron chi connectivity index (χ3n) is 5.00. The standard InChI is InChI=1S/C16H29N3/c1-6-19-13(2)10-15(14(19)3)11-17-12-16(18(4)5)8-7-9-16/h10,17H,6-9,11-12H2,1-5H3. The highest BCUT2D eigenvalue weighted by Gasteiger charge is 2.38. The highest BCUT2D eigenvalue weighted by Crippen LogP contribution is 2.35. The average Bonchev–Trinajstić information content (AvgIpc) is 2.57. The topological polar surface area (TPSA) is 20.2 Å². The molecular weight excluding hydrogens is 234 g/mol. The van der Waals surface area contributed by atoms with E-state index in [0.717, 1.165) is 19.6 Å². The number of aromatic nitrogens is 1. The number of hydrogen-bond acceptors (Lipinski definition) is 2. The second kappa shape index (κ2) is 5.68.